The van der Waals surface area contributed by atoms with E-state index in [9.17, 15) is 9.59 Å². The first-order valence-corrected chi connectivity index (χ1v) is 10.7. The van der Waals surface area contributed by atoms with E-state index in [2.05, 4.69) is 24.3 Å². The van der Waals surface area contributed by atoms with Gasteiger partial charge in [0.2, 0.25) is 0 Å². The van der Waals surface area contributed by atoms with Gasteiger partial charge in [-0.1, -0.05) is 61.9 Å². The van der Waals surface area contributed by atoms with Gasteiger partial charge in [-0.2, -0.15) is 0 Å². The second-order valence-electron chi connectivity index (χ2n) is 8.38. The van der Waals surface area contributed by atoms with Crippen LogP contribution in [0.15, 0.2) is 77.6 Å². The van der Waals surface area contributed by atoms with E-state index in [1.165, 1.54) is 0 Å². The average molecular weight is 426 g/mol. The topological polar surface area (TPSA) is 66.9 Å². The van der Waals surface area contributed by atoms with Crippen molar-refractivity contribution < 1.29 is 4.79 Å². The third-order valence-corrected chi connectivity index (χ3v) is 5.56. The molecule has 3 aromatic carbocycles. The van der Waals surface area contributed by atoms with Gasteiger partial charge in [0, 0.05) is 16.9 Å². The highest BCUT2D eigenvalue weighted by Crippen LogP contribution is 2.27. The van der Waals surface area contributed by atoms with Gasteiger partial charge in [-0.25, -0.2) is 4.68 Å². The molecule has 1 aromatic heterocycles. The van der Waals surface area contributed by atoms with Gasteiger partial charge in [0.05, 0.1) is 11.3 Å². The molecular formula is C27H27N3O2. The summed E-state index contributed by atoms with van der Waals surface area (Å²) < 4.78 is 1.62. The van der Waals surface area contributed by atoms with Gasteiger partial charge in [0.25, 0.3) is 11.5 Å². The van der Waals surface area contributed by atoms with E-state index in [1.54, 1.807) is 10.7 Å². The van der Waals surface area contributed by atoms with Crippen LogP contribution in [0.2, 0.25) is 0 Å². The first kappa shape index (κ1) is 21.4. The van der Waals surface area contributed by atoms with E-state index in [1.807, 2.05) is 80.6 Å². The Morgan fingerprint density at radius 1 is 0.938 bits per heavy atom. The number of anilines is 1. The maximum atomic E-state index is 13.4. The minimum Gasteiger partial charge on any atom is -0.322 e. The van der Waals surface area contributed by atoms with Crippen LogP contribution < -0.4 is 10.9 Å². The molecule has 4 aromatic rings. The molecule has 5 heteroatoms. The van der Waals surface area contributed by atoms with Gasteiger partial charge in [-0.05, 0) is 61.2 Å². The highest BCUT2D eigenvalue weighted by Gasteiger charge is 2.20. The molecule has 1 heterocycles. The van der Waals surface area contributed by atoms with Gasteiger partial charge in [-0.15, -0.1) is 0 Å². The predicted molar refractivity (Wildman–Crippen MR) is 130 cm³/mol. The molecule has 0 aliphatic carbocycles. The summed E-state index contributed by atoms with van der Waals surface area (Å²) in [6.07, 6.45) is 0. The number of carbonyl (C=O) groups is 1. The Balaban J connectivity index is 1.67. The molecule has 162 valence electrons. The van der Waals surface area contributed by atoms with E-state index >= 15 is 0 Å². The first-order chi connectivity index (χ1) is 15.3. The quantitative estimate of drug-likeness (QED) is 0.423. The fourth-order valence-electron chi connectivity index (χ4n) is 3.84. The Bertz CT molecular complexity index is 1330. The molecule has 0 saturated carbocycles. The van der Waals surface area contributed by atoms with Crippen LogP contribution in [-0.4, -0.2) is 15.7 Å². The number of hydrogen-bond donors (Lipinski definition) is 2. The Hall–Kier alpha value is -3.86. The lowest BCUT2D eigenvalue weighted by molar-refractivity contribution is 0.102. The lowest BCUT2D eigenvalue weighted by Crippen LogP contribution is -2.16. The third-order valence-electron chi connectivity index (χ3n) is 5.56. The van der Waals surface area contributed by atoms with Crippen LogP contribution >= 0.6 is 0 Å². The summed E-state index contributed by atoms with van der Waals surface area (Å²) in [6, 6.07) is 22.7. The van der Waals surface area contributed by atoms with Crippen molar-refractivity contribution in [2.45, 2.75) is 33.6 Å². The lowest BCUT2D eigenvalue weighted by atomic mass is 9.99. The summed E-state index contributed by atoms with van der Waals surface area (Å²) in [4.78, 5) is 25.9. The predicted octanol–water partition coefficient (Wildman–Crippen LogP) is 5.83. The van der Waals surface area contributed by atoms with Gasteiger partial charge in [0.15, 0.2) is 0 Å². The number of aromatic amines is 1. The van der Waals surface area contributed by atoms with Crippen molar-refractivity contribution >= 4 is 11.6 Å². The number of carbonyl (C=O) groups excluding carboxylic acids is 1. The summed E-state index contributed by atoms with van der Waals surface area (Å²) in [7, 11) is 0. The second kappa shape index (κ2) is 8.71. The average Bonchev–Trinajstić information content (AvgIpc) is 3.12. The third kappa shape index (κ3) is 4.14. The van der Waals surface area contributed by atoms with Gasteiger partial charge in [-0.3, -0.25) is 14.7 Å². The van der Waals surface area contributed by atoms with Crippen LogP contribution in [0.1, 0.15) is 46.9 Å². The molecule has 0 aliphatic heterocycles. The summed E-state index contributed by atoms with van der Waals surface area (Å²) in [5.41, 5.74) is 6.46. The molecule has 1 amide bonds. The van der Waals surface area contributed by atoms with E-state index in [-0.39, 0.29) is 17.4 Å². The van der Waals surface area contributed by atoms with Crippen LogP contribution in [0, 0.1) is 13.8 Å². The van der Waals surface area contributed by atoms with Crippen molar-refractivity contribution in [3.05, 3.63) is 106 Å². The Morgan fingerprint density at radius 2 is 1.66 bits per heavy atom. The Morgan fingerprint density at radius 3 is 2.31 bits per heavy atom. The number of rotatable bonds is 5. The van der Waals surface area contributed by atoms with Crippen molar-refractivity contribution in [3.63, 3.8) is 0 Å². The van der Waals surface area contributed by atoms with Crippen LogP contribution in [0.3, 0.4) is 0 Å². The molecule has 5 nitrogen and oxygen atoms in total. The fraction of sp³-hybridized carbons (Fsp3) is 0.185. The molecule has 0 atom stereocenters. The second-order valence-corrected chi connectivity index (χ2v) is 8.38. The largest absolute Gasteiger partial charge is 0.322 e. The number of H-pyrrole nitrogens is 1. The molecule has 0 saturated heterocycles. The van der Waals surface area contributed by atoms with Crippen molar-refractivity contribution in [1.29, 1.82) is 0 Å². The molecular weight excluding hydrogens is 398 g/mol. The van der Waals surface area contributed by atoms with E-state index in [4.69, 9.17) is 0 Å². The Kier molecular flexibility index (Phi) is 5.82. The molecule has 0 radical (unpaired) electrons. The molecule has 0 unspecified atom stereocenters. The van der Waals surface area contributed by atoms with Gasteiger partial charge < -0.3 is 5.32 Å². The smallest absolute Gasteiger partial charge is 0.279 e. The zero-order valence-electron chi connectivity index (χ0n) is 18.8. The molecule has 2 N–H and O–H groups in total. The zero-order valence-corrected chi connectivity index (χ0v) is 18.8. The summed E-state index contributed by atoms with van der Waals surface area (Å²) >= 11 is 0. The van der Waals surface area contributed by atoms with Crippen molar-refractivity contribution in [3.8, 4) is 16.8 Å². The number of para-hydroxylation sites is 1. The van der Waals surface area contributed by atoms with Crippen LogP contribution in [0.5, 0.6) is 0 Å². The van der Waals surface area contributed by atoms with Crippen molar-refractivity contribution in [2.24, 2.45) is 0 Å². The van der Waals surface area contributed by atoms with Crippen LogP contribution in [-0.2, 0) is 0 Å². The minimum absolute atomic E-state index is 0.0838. The molecule has 0 bridgehead atoms. The number of hydrogen-bond acceptors (Lipinski definition) is 2. The molecule has 0 fully saturated rings. The summed E-state index contributed by atoms with van der Waals surface area (Å²) in [5.74, 6) is -0.0171. The van der Waals surface area contributed by atoms with Crippen LogP contribution in [0.25, 0.3) is 16.8 Å². The summed E-state index contributed by atoms with van der Waals surface area (Å²) in [5, 5.41) is 6.24. The Labute approximate surface area is 187 Å². The zero-order chi connectivity index (χ0) is 22.8. The normalized spacial score (nSPS) is 11.0. The number of nitrogens with one attached hydrogen (secondary N) is 2. The lowest BCUT2D eigenvalue weighted by Gasteiger charge is -2.08. The molecule has 32 heavy (non-hydrogen) atoms. The molecule has 0 aliphatic rings. The first-order valence-electron chi connectivity index (χ1n) is 10.7. The maximum absolute atomic E-state index is 13.4. The number of aromatic nitrogens is 2. The fourth-order valence-corrected chi connectivity index (χ4v) is 3.84. The van der Waals surface area contributed by atoms with E-state index < -0.39 is 0 Å². The molecule has 4 rings (SSSR count). The molecule has 0 spiro atoms. The van der Waals surface area contributed by atoms with E-state index in [0.717, 1.165) is 28.1 Å². The standard InChI is InChI=1S/C27H27N3O2/c1-17(2)25-24(27(32)30(29-25)23-11-6-5-9-19(23)4)20-12-14-22(15-13-20)28-26(31)21-10-7-8-18(3)16-21/h5-17,29H,1-4H3,(H,28,31). The number of amides is 1. The highest BCUT2D eigenvalue weighted by molar-refractivity contribution is 6.04. The highest BCUT2D eigenvalue weighted by atomic mass is 16.1. The van der Waals surface area contributed by atoms with Crippen LogP contribution in [0.4, 0.5) is 5.69 Å². The van der Waals surface area contributed by atoms with Crippen molar-refractivity contribution in [1.82, 2.24) is 9.78 Å². The van der Waals surface area contributed by atoms with Gasteiger partial charge in [0.1, 0.15) is 0 Å². The van der Waals surface area contributed by atoms with Crippen molar-refractivity contribution in [2.75, 3.05) is 5.32 Å². The SMILES string of the molecule is Cc1cccc(C(=O)Nc2ccc(-c3c(C(C)C)[nH]n(-c4ccccc4C)c3=O)cc2)c1. The minimum atomic E-state index is -0.159. The summed E-state index contributed by atoms with van der Waals surface area (Å²) in [6.45, 7) is 8.07. The number of benzene rings is 3. The number of aryl methyl sites for hydroxylation is 2. The number of nitrogens with zero attached hydrogens (tertiary/aromatic N) is 1. The van der Waals surface area contributed by atoms with E-state index in [0.29, 0.717) is 16.8 Å². The monoisotopic (exact) mass is 425 g/mol. The maximum Gasteiger partial charge on any atom is 0.279 e. The van der Waals surface area contributed by atoms with Gasteiger partial charge >= 0.3 is 0 Å².